The molecule has 1 aliphatic rings. The molecule has 2 aromatic heterocycles. The van der Waals surface area contributed by atoms with Gasteiger partial charge in [-0.25, -0.2) is 0 Å². The van der Waals surface area contributed by atoms with Crippen LogP contribution in [0.1, 0.15) is 23.1 Å². The van der Waals surface area contributed by atoms with Crippen LogP contribution in [0.25, 0.3) is 0 Å². The first kappa shape index (κ1) is 12.6. The maximum absolute atomic E-state index is 4.48. The van der Waals surface area contributed by atoms with E-state index >= 15 is 0 Å². The number of nitrogens with zero attached hydrogens (tertiary/aromatic N) is 2. The summed E-state index contributed by atoms with van der Waals surface area (Å²) < 4.78 is 0. The predicted molar refractivity (Wildman–Crippen MR) is 80.5 cm³/mol. The molecule has 0 unspecified atom stereocenters. The molecule has 1 N–H and O–H groups in total. The van der Waals surface area contributed by atoms with Crippen molar-refractivity contribution in [3.8, 4) is 0 Å². The van der Waals surface area contributed by atoms with Crippen molar-refractivity contribution in [2.45, 2.75) is 26.4 Å². The van der Waals surface area contributed by atoms with Crippen LogP contribution in [0.5, 0.6) is 0 Å². The van der Waals surface area contributed by atoms with Crippen molar-refractivity contribution in [2.24, 2.45) is 0 Å². The average molecular weight is 273 g/mol. The molecule has 0 aliphatic carbocycles. The highest BCUT2D eigenvalue weighted by Crippen LogP contribution is 2.24. The highest BCUT2D eigenvalue weighted by Gasteiger charge is 2.17. The van der Waals surface area contributed by atoms with E-state index < -0.39 is 0 Å². The Labute approximate surface area is 118 Å². The molecule has 0 saturated heterocycles. The number of anilines is 1. The molecule has 0 amide bonds. The van der Waals surface area contributed by atoms with E-state index in [9.17, 15) is 0 Å². The number of pyridine rings is 1. The SMILES string of the molecule is CCNc1ccnc(CN2CCc3sccc3C2)c1. The standard InChI is InChI=1S/C15H19N3S/c1-2-16-13-3-6-17-14(9-13)11-18-7-4-15-12(10-18)5-8-19-15/h3,5-6,8-9H,2,4,7,10-11H2,1H3,(H,16,17). The van der Waals surface area contributed by atoms with Crippen molar-refractivity contribution in [2.75, 3.05) is 18.4 Å². The predicted octanol–water partition coefficient (Wildman–Crippen LogP) is 3.13. The van der Waals surface area contributed by atoms with Gasteiger partial charge in [-0.05, 0) is 42.5 Å². The summed E-state index contributed by atoms with van der Waals surface area (Å²) in [4.78, 5) is 8.52. The molecule has 0 atom stereocenters. The van der Waals surface area contributed by atoms with E-state index in [4.69, 9.17) is 0 Å². The van der Waals surface area contributed by atoms with Crippen LogP contribution in [0.2, 0.25) is 0 Å². The van der Waals surface area contributed by atoms with Gasteiger partial charge in [0, 0.05) is 42.9 Å². The Morgan fingerprint density at radius 1 is 1.42 bits per heavy atom. The second-order valence-electron chi connectivity index (χ2n) is 4.90. The Morgan fingerprint density at radius 3 is 3.26 bits per heavy atom. The lowest BCUT2D eigenvalue weighted by Gasteiger charge is -2.26. The van der Waals surface area contributed by atoms with Gasteiger partial charge in [0.15, 0.2) is 0 Å². The van der Waals surface area contributed by atoms with E-state index in [1.54, 1.807) is 4.88 Å². The summed E-state index contributed by atoms with van der Waals surface area (Å²) in [7, 11) is 0. The van der Waals surface area contributed by atoms with Gasteiger partial charge in [-0.15, -0.1) is 11.3 Å². The fraction of sp³-hybridized carbons (Fsp3) is 0.400. The molecular weight excluding hydrogens is 254 g/mol. The topological polar surface area (TPSA) is 28.2 Å². The van der Waals surface area contributed by atoms with Gasteiger partial charge in [0.05, 0.1) is 5.69 Å². The number of thiophene rings is 1. The smallest absolute Gasteiger partial charge is 0.0564 e. The normalized spacial score (nSPS) is 15.2. The van der Waals surface area contributed by atoms with Gasteiger partial charge < -0.3 is 5.32 Å². The number of aromatic nitrogens is 1. The first-order valence-corrected chi connectivity index (χ1v) is 7.69. The van der Waals surface area contributed by atoms with Crippen LogP contribution in [0, 0.1) is 0 Å². The van der Waals surface area contributed by atoms with E-state index in [-0.39, 0.29) is 0 Å². The third-order valence-corrected chi connectivity index (χ3v) is 4.49. The van der Waals surface area contributed by atoms with Crippen molar-refractivity contribution < 1.29 is 0 Å². The summed E-state index contributed by atoms with van der Waals surface area (Å²) in [5.41, 5.74) is 3.82. The zero-order valence-corrected chi connectivity index (χ0v) is 12.0. The second-order valence-corrected chi connectivity index (χ2v) is 5.90. The Balaban J connectivity index is 1.67. The minimum Gasteiger partial charge on any atom is -0.385 e. The van der Waals surface area contributed by atoms with E-state index in [0.29, 0.717) is 0 Å². The monoisotopic (exact) mass is 273 g/mol. The van der Waals surface area contributed by atoms with Crippen LogP contribution in [0.15, 0.2) is 29.8 Å². The Hall–Kier alpha value is -1.39. The van der Waals surface area contributed by atoms with Gasteiger partial charge in [0.2, 0.25) is 0 Å². The Morgan fingerprint density at radius 2 is 2.37 bits per heavy atom. The van der Waals surface area contributed by atoms with Crippen LogP contribution >= 0.6 is 11.3 Å². The molecule has 100 valence electrons. The van der Waals surface area contributed by atoms with E-state index in [0.717, 1.165) is 31.9 Å². The van der Waals surface area contributed by atoms with Gasteiger partial charge in [-0.1, -0.05) is 0 Å². The quantitative estimate of drug-likeness (QED) is 0.927. The van der Waals surface area contributed by atoms with Crippen LogP contribution in [0.3, 0.4) is 0 Å². The van der Waals surface area contributed by atoms with E-state index in [1.807, 2.05) is 23.6 Å². The molecule has 0 spiro atoms. The van der Waals surface area contributed by atoms with Gasteiger partial charge in [0.1, 0.15) is 0 Å². The minimum absolute atomic E-state index is 0.939. The third-order valence-electron chi connectivity index (χ3n) is 3.47. The second kappa shape index (κ2) is 5.72. The Kier molecular flexibility index (Phi) is 3.80. The van der Waals surface area contributed by atoms with E-state index in [1.165, 1.54) is 17.7 Å². The van der Waals surface area contributed by atoms with Crippen molar-refractivity contribution in [3.63, 3.8) is 0 Å². The summed E-state index contributed by atoms with van der Waals surface area (Å²) in [6.07, 6.45) is 3.08. The van der Waals surface area contributed by atoms with E-state index in [2.05, 4.69) is 39.6 Å². The summed E-state index contributed by atoms with van der Waals surface area (Å²) in [6, 6.07) is 6.45. The van der Waals surface area contributed by atoms with Gasteiger partial charge >= 0.3 is 0 Å². The number of hydrogen-bond donors (Lipinski definition) is 1. The van der Waals surface area contributed by atoms with Crippen molar-refractivity contribution in [3.05, 3.63) is 45.9 Å². The van der Waals surface area contributed by atoms with Gasteiger partial charge in [0.25, 0.3) is 0 Å². The van der Waals surface area contributed by atoms with Crippen LogP contribution in [-0.4, -0.2) is 23.0 Å². The summed E-state index contributed by atoms with van der Waals surface area (Å²) in [5.74, 6) is 0. The van der Waals surface area contributed by atoms with Crippen LogP contribution in [0.4, 0.5) is 5.69 Å². The molecule has 0 fully saturated rings. The third kappa shape index (κ3) is 2.96. The van der Waals surface area contributed by atoms with Gasteiger partial charge in [-0.3, -0.25) is 9.88 Å². The van der Waals surface area contributed by atoms with Gasteiger partial charge in [-0.2, -0.15) is 0 Å². The largest absolute Gasteiger partial charge is 0.385 e. The molecule has 1 aliphatic heterocycles. The molecule has 3 nitrogen and oxygen atoms in total. The molecule has 3 heterocycles. The first-order valence-electron chi connectivity index (χ1n) is 6.81. The summed E-state index contributed by atoms with van der Waals surface area (Å²) >= 11 is 1.89. The molecule has 4 heteroatoms. The fourth-order valence-electron chi connectivity index (χ4n) is 2.55. The number of rotatable bonds is 4. The van der Waals surface area contributed by atoms with Crippen molar-refractivity contribution >= 4 is 17.0 Å². The number of nitrogens with one attached hydrogen (secondary N) is 1. The molecule has 2 aromatic rings. The zero-order chi connectivity index (χ0) is 13.1. The van der Waals surface area contributed by atoms with Crippen molar-refractivity contribution in [1.82, 2.24) is 9.88 Å². The minimum atomic E-state index is 0.939. The van der Waals surface area contributed by atoms with Crippen LogP contribution < -0.4 is 5.32 Å². The summed E-state index contributed by atoms with van der Waals surface area (Å²) in [5, 5.41) is 5.55. The lowest BCUT2D eigenvalue weighted by Crippen LogP contribution is -2.29. The lowest BCUT2D eigenvalue weighted by atomic mass is 10.1. The molecular formula is C15H19N3S. The molecule has 0 saturated carbocycles. The van der Waals surface area contributed by atoms with Crippen molar-refractivity contribution in [1.29, 1.82) is 0 Å². The molecule has 19 heavy (non-hydrogen) atoms. The molecule has 0 radical (unpaired) electrons. The Bertz CT molecular complexity index is 550. The molecule has 0 bridgehead atoms. The molecule has 0 aromatic carbocycles. The highest BCUT2D eigenvalue weighted by atomic mass is 32.1. The lowest BCUT2D eigenvalue weighted by molar-refractivity contribution is 0.244. The average Bonchev–Trinajstić information content (AvgIpc) is 2.87. The zero-order valence-electron chi connectivity index (χ0n) is 11.2. The summed E-state index contributed by atoms with van der Waals surface area (Å²) in [6.45, 7) is 6.20. The maximum atomic E-state index is 4.48. The number of fused-ring (bicyclic) bond motifs is 1. The molecule has 3 rings (SSSR count). The fourth-order valence-corrected chi connectivity index (χ4v) is 3.44. The number of hydrogen-bond acceptors (Lipinski definition) is 4. The van der Waals surface area contributed by atoms with Crippen LogP contribution in [-0.2, 0) is 19.5 Å². The first-order chi connectivity index (χ1) is 9.35. The highest BCUT2D eigenvalue weighted by molar-refractivity contribution is 7.10. The maximum Gasteiger partial charge on any atom is 0.0564 e.